The molecular formula is C11H21ClN2. The number of nitrogens with zero attached hydrogens (tertiary/aromatic N) is 1. The third-order valence-electron chi connectivity index (χ3n) is 2.89. The molecule has 0 radical (unpaired) electrons. The monoisotopic (exact) mass is 216 g/mol. The lowest BCUT2D eigenvalue weighted by Crippen LogP contribution is -2.38. The topological polar surface area (TPSA) is 15.3 Å². The van der Waals surface area contributed by atoms with Crippen LogP contribution in [0, 0.1) is 0 Å². The minimum atomic E-state index is 0.696. The third kappa shape index (κ3) is 4.45. The first kappa shape index (κ1) is 12.0. The Morgan fingerprint density at radius 3 is 3.00 bits per heavy atom. The highest BCUT2D eigenvalue weighted by atomic mass is 35.5. The Kier molecular flexibility index (Phi) is 5.53. The zero-order valence-corrected chi connectivity index (χ0v) is 9.82. The van der Waals surface area contributed by atoms with Gasteiger partial charge in [-0.3, -0.25) is 0 Å². The number of rotatable bonds is 5. The van der Waals surface area contributed by atoms with Gasteiger partial charge in [-0.05, 0) is 39.4 Å². The largest absolute Gasteiger partial charge is 0.312 e. The number of hydrogen-bond acceptors (Lipinski definition) is 2. The molecule has 1 aliphatic heterocycles. The Labute approximate surface area is 92.3 Å². The highest BCUT2D eigenvalue weighted by Gasteiger charge is 2.17. The maximum absolute atomic E-state index is 5.66. The molecule has 0 aromatic carbocycles. The van der Waals surface area contributed by atoms with Gasteiger partial charge < -0.3 is 10.2 Å². The Morgan fingerprint density at radius 1 is 1.57 bits per heavy atom. The molecule has 0 aliphatic carbocycles. The Hall–Kier alpha value is -0.0500. The molecule has 1 fully saturated rings. The number of halogens is 1. The number of piperidine rings is 1. The van der Waals surface area contributed by atoms with Gasteiger partial charge in [0, 0.05) is 17.6 Å². The average molecular weight is 217 g/mol. The molecule has 1 rings (SSSR count). The lowest BCUT2D eigenvalue weighted by atomic mass is 10.0. The van der Waals surface area contributed by atoms with E-state index >= 15 is 0 Å². The lowest BCUT2D eigenvalue weighted by molar-refractivity contribution is 0.176. The number of likely N-dealkylation sites (tertiary alicyclic amines) is 1. The molecule has 14 heavy (non-hydrogen) atoms. The zero-order valence-electron chi connectivity index (χ0n) is 9.06. The maximum Gasteiger partial charge on any atom is 0.0307 e. The zero-order chi connectivity index (χ0) is 10.4. The van der Waals surface area contributed by atoms with Crippen LogP contribution in [0.3, 0.4) is 0 Å². The average Bonchev–Trinajstić information content (AvgIpc) is 2.15. The fourth-order valence-electron chi connectivity index (χ4n) is 2.00. The Balaban J connectivity index is 2.07. The van der Waals surface area contributed by atoms with Crippen molar-refractivity contribution in [1.29, 1.82) is 0 Å². The highest BCUT2D eigenvalue weighted by molar-refractivity contribution is 6.29. The predicted octanol–water partition coefficient (Wildman–Crippen LogP) is 2.20. The van der Waals surface area contributed by atoms with Crippen LogP contribution in [0.1, 0.15) is 25.7 Å². The van der Waals surface area contributed by atoms with E-state index in [9.17, 15) is 0 Å². The lowest BCUT2D eigenvalue weighted by Gasteiger charge is -2.32. The van der Waals surface area contributed by atoms with Crippen LogP contribution >= 0.6 is 11.6 Å². The SMILES string of the molecule is C=C(Cl)CNCCC1CCCCN1C. The van der Waals surface area contributed by atoms with Crippen LogP contribution < -0.4 is 5.32 Å². The molecule has 2 nitrogen and oxygen atoms in total. The van der Waals surface area contributed by atoms with Crippen LogP contribution in [0.2, 0.25) is 0 Å². The van der Waals surface area contributed by atoms with Crippen LogP contribution in [0.25, 0.3) is 0 Å². The van der Waals surface area contributed by atoms with Gasteiger partial charge >= 0.3 is 0 Å². The molecule has 1 saturated heterocycles. The van der Waals surface area contributed by atoms with E-state index in [1.807, 2.05) is 0 Å². The first-order valence-electron chi connectivity index (χ1n) is 5.44. The summed E-state index contributed by atoms with van der Waals surface area (Å²) in [7, 11) is 2.23. The highest BCUT2D eigenvalue weighted by Crippen LogP contribution is 2.16. The first-order valence-corrected chi connectivity index (χ1v) is 5.82. The van der Waals surface area contributed by atoms with E-state index < -0.39 is 0 Å². The van der Waals surface area contributed by atoms with Gasteiger partial charge in [0.15, 0.2) is 0 Å². The molecule has 3 heteroatoms. The normalized spacial score (nSPS) is 23.7. The standard InChI is InChI=1S/C11H21ClN2/c1-10(12)9-13-7-6-11-5-3-4-8-14(11)2/h11,13H,1,3-9H2,2H3. The minimum absolute atomic E-state index is 0.696. The van der Waals surface area contributed by atoms with E-state index in [1.54, 1.807) is 0 Å². The Bertz CT molecular complexity index is 182. The molecule has 0 aromatic rings. The third-order valence-corrected chi connectivity index (χ3v) is 3.03. The van der Waals surface area contributed by atoms with E-state index in [4.69, 9.17) is 11.6 Å². The molecule has 1 atom stereocenters. The van der Waals surface area contributed by atoms with E-state index in [2.05, 4.69) is 23.8 Å². The summed E-state index contributed by atoms with van der Waals surface area (Å²) in [5.41, 5.74) is 0. The molecule has 1 unspecified atom stereocenters. The van der Waals surface area contributed by atoms with Crippen molar-refractivity contribution >= 4 is 11.6 Å². The predicted molar refractivity (Wildman–Crippen MR) is 62.7 cm³/mol. The number of nitrogens with one attached hydrogen (secondary N) is 1. The van der Waals surface area contributed by atoms with Gasteiger partial charge in [0.1, 0.15) is 0 Å². The summed E-state index contributed by atoms with van der Waals surface area (Å²) in [6, 6.07) is 0.764. The second-order valence-electron chi connectivity index (χ2n) is 4.11. The fourth-order valence-corrected chi connectivity index (χ4v) is 2.10. The van der Waals surface area contributed by atoms with Crippen molar-refractivity contribution in [2.24, 2.45) is 0 Å². The van der Waals surface area contributed by atoms with Gasteiger partial charge in [-0.1, -0.05) is 24.6 Å². The van der Waals surface area contributed by atoms with Gasteiger partial charge in [0.2, 0.25) is 0 Å². The van der Waals surface area contributed by atoms with Crippen molar-refractivity contribution in [3.63, 3.8) is 0 Å². The quantitative estimate of drug-likeness (QED) is 0.709. The van der Waals surface area contributed by atoms with Crippen molar-refractivity contribution in [2.75, 3.05) is 26.7 Å². The maximum atomic E-state index is 5.66. The first-order chi connectivity index (χ1) is 6.70. The van der Waals surface area contributed by atoms with E-state index in [-0.39, 0.29) is 0 Å². The molecule has 1 heterocycles. The number of hydrogen-bond donors (Lipinski definition) is 1. The molecule has 0 amide bonds. The molecule has 0 aromatic heterocycles. The van der Waals surface area contributed by atoms with Crippen molar-refractivity contribution in [3.8, 4) is 0 Å². The molecule has 0 spiro atoms. The second-order valence-corrected chi connectivity index (χ2v) is 4.65. The summed E-state index contributed by atoms with van der Waals surface area (Å²) in [5, 5.41) is 3.99. The van der Waals surface area contributed by atoms with Crippen molar-refractivity contribution < 1.29 is 0 Å². The smallest absolute Gasteiger partial charge is 0.0307 e. The van der Waals surface area contributed by atoms with Crippen molar-refractivity contribution in [1.82, 2.24) is 10.2 Å². The van der Waals surface area contributed by atoms with E-state index in [0.29, 0.717) is 5.03 Å². The van der Waals surface area contributed by atoms with Crippen LogP contribution in [0.4, 0.5) is 0 Å². The Morgan fingerprint density at radius 2 is 2.36 bits per heavy atom. The summed E-state index contributed by atoms with van der Waals surface area (Å²) in [6.45, 7) is 6.68. The van der Waals surface area contributed by atoms with Gasteiger partial charge in [0.25, 0.3) is 0 Å². The van der Waals surface area contributed by atoms with Gasteiger partial charge in [-0.2, -0.15) is 0 Å². The van der Waals surface area contributed by atoms with Crippen LogP contribution in [-0.4, -0.2) is 37.6 Å². The molecule has 1 aliphatic rings. The van der Waals surface area contributed by atoms with E-state index in [0.717, 1.165) is 19.1 Å². The van der Waals surface area contributed by atoms with Crippen molar-refractivity contribution in [2.45, 2.75) is 31.7 Å². The van der Waals surface area contributed by atoms with Gasteiger partial charge in [0.05, 0.1) is 0 Å². The molecule has 0 saturated carbocycles. The van der Waals surface area contributed by atoms with E-state index in [1.165, 1.54) is 32.2 Å². The van der Waals surface area contributed by atoms with Crippen molar-refractivity contribution in [3.05, 3.63) is 11.6 Å². The summed E-state index contributed by atoms with van der Waals surface area (Å²) in [4.78, 5) is 2.47. The minimum Gasteiger partial charge on any atom is -0.312 e. The van der Waals surface area contributed by atoms with Gasteiger partial charge in [-0.25, -0.2) is 0 Å². The summed E-state index contributed by atoms with van der Waals surface area (Å²) in [5.74, 6) is 0. The molecule has 0 bridgehead atoms. The fraction of sp³-hybridized carbons (Fsp3) is 0.818. The van der Waals surface area contributed by atoms with Crippen LogP contribution in [0.5, 0.6) is 0 Å². The van der Waals surface area contributed by atoms with Gasteiger partial charge in [-0.15, -0.1) is 0 Å². The summed E-state index contributed by atoms with van der Waals surface area (Å²) in [6.07, 6.45) is 5.32. The van der Waals surface area contributed by atoms with Crippen LogP contribution in [0.15, 0.2) is 11.6 Å². The molecule has 1 N–H and O–H groups in total. The molecule has 82 valence electrons. The molecular weight excluding hydrogens is 196 g/mol. The second kappa shape index (κ2) is 6.44. The summed E-state index contributed by atoms with van der Waals surface area (Å²) < 4.78 is 0. The summed E-state index contributed by atoms with van der Waals surface area (Å²) >= 11 is 5.66. The van der Waals surface area contributed by atoms with Crippen LogP contribution in [-0.2, 0) is 0 Å².